The van der Waals surface area contributed by atoms with Crippen molar-refractivity contribution in [2.24, 2.45) is 5.73 Å². The largest absolute Gasteiger partial charge is 0.493 e. The van der Waals surface area contributed by atoms with E-state index in [0.29, 0.717) is 18.3 Å². The highest BCUT2D eigenvalue weighted by molar-refractivity contribution is 5.40. The summed E-state index contributed by atoms with van der Waals surface area (Å²) < 4.78 is 11.2. The van der Waals surface area contributed by atoms with Gasteiger partial charge in [-0.1, -0.05) is 23.4 Å². The van der Waals surface area contributed by atoms with E-state index in [2.05, 4.69) is 16.2 Å². The number of hydrogen-bond acceptors (Lipinski definition) is 5. The number of benzene rings is 1. The van der Waals surface area contributed by atoms with Gasteiger partial charge in [0, 0.05) is 5.56 Å². The van der Waals surface area contributed by atoms with Crippen LogP contribution in [0.25, 0.3) is 0 Å². The molecule has 20 heavy (non-hydrogen) atoms. The van der Waals surface area contributed by atoms with Gasteiger partial charge in [0.15, 0.2) is 5.82 Å². The first-order chi connectivity index (χ1) is 9.76. The molecule has 1 fully saturated rings. The zero-order valence-corrected chi connectivity index (χ0v) is 11.2. The fourth-order valence-electron chi connectivity index (χ4n) is 2.96. The molecule has 1 aromatic carbocycles. The number of fused-ring (bicyclic) bond motifs is 1. The molecule has 1 aliphatic heterocycles. The first-order valence-electron chi connectivity index (χ1n) is 7.11. The van der Waals surface area contributed by atoms with Crippen LogP contribution < -0.4 is 10.5 Å². The van der Waals surface area contributed by atoms with E-state index in [1.807, 2.05) is 18.2 Å². The molecule has 2 heterocycles. The lowest BCUT2D eigenvalue weighted by molar-refractivity contribution is 0.227. The molecule has 0 radical (unpaired) electrons. The Hall–Kier alpha value is -1.88. The van der Waals surface area contributed by atoms with Crippen LogP contribution in [0.3, 0.4) is 0 Å². The maximum Gasteiger partial charge on any atom is 0.234 e. The number of para-hydroxylation sites is 1. The van der Waals surface area contributed by atoms with Crippen molar-refractivity contribution >= 4 is 0 Å². The minimum atomic E-state index is -0.369. The molecule has 5 heteroatoms. The lowest BCUT2D eigenvalue weighted by atomic mass is 9.77. The lowest BCUT2D eigenvalue weighted by Gasteiger charge is -2.34. The van der Waals surface area contributed by atoms with E-state index in [1.165, 1.54) is 0 Å². The maximum absolute atomic E-state index is 6.25. The molecule has 4 rings (SSSR count). The minimum Gasteiger partial charge on any atom is -0.493 e. The van der Waals surface area contributed by atoms with E-state index < -0.39 is 0 Å². The summed E-state index contributed by atoms with van der Waals surface area (Å²) in [4.78, 5) is 4.57. The molecule has 104 valence electrons. The van der Waals surface area contributed by atoms with Crippen molar-refractivity contribution < 1.29 is 9.26 Å². The summed E-state index contributed by atoms with van der Waals surface area (Å²) in [5, 5.41) is 4.11. The van der Waals surface area contributed by atoms with E-state index in [4.69, 9.17) is 15.0 Å². The average molecular weight is 271 g/mol. The molecule has 1 unspecified atom stereocenters. The Morgan fingerprint density at radius 2 is 2.10 bits per heavy atom. The average Bonchev–Trinajstić information content (AvgIpc) is 2.94. The zero-order chi connectivity index (χ0) is 13.6. The van der Waals surface area contributed by atoms with E-state index in [1.54, 1.807) is 0 Å². The Bertz CT molecular complexity index is 634. The highest BCUT2D eigenvalue weighted by Gasteiger charge is 2.40. The number of aromatic nitrogens is 2. The van der Waals surface area contributed by atoms with Crippen LogP contribution in [0, 0.1) is 0 Å². The Balaban J connectivity index is 1.69. The highest BCUT2D eigenvalue weighted by Crippen LogP contribution is 2.40. The first-order valence-corrected chi connectivity index (χ1v) is 7.11. The van der Waals surface area contributed by atoms with Crippen molar-refractivity contribution in [2.45, 2.75) is 37.1 Å². The van der Waals surface area contributed by atoms with Crippen LogP contribution >= 0.6 is 0 Å². The van der Waals surface area contributed by atoms with Gasteiger partial charge in [0.05, 0.1) is 18.1 Å². The molecular formula is C15H17N3O2. The smallest absolute Gasteiger partial charge is 0.234 e. The van der Waals surface area contributed by atoms with Crippen molar-refractivity contribution in [2.75, 3.05) is 6.61 Å². The third-order valence-corrected chi connectivity index (χ3v) is 4.39. The van der Waals surface area contributed by atoms with E-state index in [9.17, 15) is 0 Å². The van der Waals surface area contributed by atoms with Gasteiger partial charge in [-0.2, -0.15) is 4.98 Å². The SMILES string of the molecule is NC1(c2noc(C3CCOc4ccccc43)n2)CCC1. The molecule has 2 N–H and O–H groups in total. The number of nitrogens with zero attached hydrogens (tertiary/aromatic N) is 2. The molecule has 1 saturated carbocycles. The third kappa shape index (κ3) is 1.73. The molecule has 0 amide bonds. The van der Waals surface area contributed by atoms with Gasteiger partial charge >= 0.3 is 0 Å². The van der Waals surface area contributed by atoms with Crippen LogP contribution in [0.5, 0.6) is 5.75 Å². The Labute approximate surface area is 117 Å². The fraction of sp³-hybridized carbons (Fsp3) is 0.467. The Kier molecular flexibility index (Phi) is 2.57. The van der Waals surface area contributed by atoms with E-state index >= 15 is 0 Å². The summed E-state index contributed by atoms with van der Waals surface area (Å²) in [5.41, 5.74) is 7.00. The van der Waals surface area contributed by atoms with Crippen LogP contribution in [-0.2, 0) is 5.54 Å². The molecule has 2 aliphatic rings. The number of hydrogen-bond donors (Lipinski definition) is 1. The number of ether oxygens (including phenoxy) is 1. The normalized spacial score (nSPS) is 23.6. The minimum absolute atomic E-state index is 0.116. The van der Waals surface area contributed by atoms with Crippen LogP contribution in [0.15, 0.2) is 28.8 Å². The maximum atomic E-state index is 6.25. The summed E-state index contributed by atoms with van der Waals surface area (Å²) in [6.07, 6.45) is 3.88. The quantitative estimate of drug-likeness (QED) is 0.907. The van der Waals surface area contributed by atoms with Crippen LogP contribution in [-0.4, -0.2) is 16.7 Å². The molecule has 0 saturated heterocycles. The van der Waals surface area contributed by atoms with E-state index in [-0.39, 0.29) is 11.5 Å². The summed E-state index contributed by atoms with van der Waals surface area (Å²) in [7, 11) is 0. The molecule has 1 aromatic heterocycles. The predicted octanol–water partition coefficient (Wildman–Crippen LogP) is 2.32. The van der Waals surface area contributed by atoms with E-state index in [0.717, 1.165) is 37.0 Å². The van der Waals surface area contributed by atoms with Gasteiger partial charge < -0.3 is 15.0 Å². The van der Waals surface area contributed by atoms with Gasteiger partial charge in [-0.25, -0.2) is 0 Å². The summed E-state index contributed by atoms with van der Waals surface area (Å²) in [5.74, 6) is 2.34. The Morgan fingerprint density at radius 1 is 1.25 bits per heavy atom. The summed E-state index contributed by atoms with van der Waals surface area (Å²) in [6.45, 7) is 0.674. The van der Waals surface area contributed by atoms with Crippen molar-refractivity contribution in [3.05, 3.63) is 41.5 Å². The second-order valence-electron chi connectivity index (χ2n) is 5.69. The van der Waals surface area contributed by atoms with Crippen molar-refractivity contribution in [3.8, 4) is 5.75 Å². The monoisotopic (exact) mass is 271 g/mol. The number of rotatable bonds is 2. The fourth-order valence-corrected chi connectivity index (χ4v) is 2.96. The molecule has 1 atom stereocenters. The van der Waals surface area contributed by atoms with Crippen molar-refractivity contribution in [1.29, 1.82) is 0 Å². The Morgan fingerprint density at radius 3 is 2.90 bits per heavy atom. The molecular weight excluding hydrogens is 254 g/mol. The second-order valence-corrected chi connectivity index (χ2v) is 5.69. The van der Waals surface area contributed by atoms with Gasteiger partial charge in [-0.15, -0.1) is 0 Å². The van der Waals surface area contributed by atoms with Gasteiger partial charge in [0.1, 0.15) is 5.75 Å². The van der Waals surface area contributed by atoms with Crippen LogP contribution in [0.4, 0.5) is 0 Å². The van der Waals surface area contributed by atoms with Gasteiger partial charge in [0.25, 0.3) is 0 Å². The van der Waals surface area contributed by atoms with Crippen molar-refractivity contribution in [1.82, 2.24) is 10.1 Å². The van der Waals surface area contributed by atoms with Gasteiger partial charge in [-0.3, -0.25) is 0 Å². The topological polar surface area (TPSA) is 74.2 Å². The molecule has 0 bridgehead atoms. The lowest BCUT2D eigenvalue weighted by Crippen LogP contribution is -2.44. The molecule has 0 spiro atoms. The first kappa shape index (κ1) is 11.9. The molecule has 5 nitrogen and oxygen atoms in total. The van der Waals surface area contributed by atoms with Crippen LogP contribution in [0.1, 0.15) is 48.9 Å². The molecule has 2 aromatic rings. The summed E-state index contributed by atoms with van der Waals surface area (Å²) >= 11 is 0. The highest BCUT2D eigenvalue weighted by atomic mass is 16.5. The number of nitrogens with two attached hydrogens (primary N) is 1. The van der Waals surface area contributed by atoms with Gasteiger partial charge in [0.2, 0.25) is 5.89 Å². The molecule has 1 aliphatic carbocycles. The van der Waals surface area contributed by atoms with Crippen LogP contribution in [0.2, 0.25) is 0 Å². The second kappa shape index (κ2) is 4.31. The standard InChI is InChI=1S/C15H17N3O2/c16-15(7-3-8-15)14-17-13(20-18-14)11-6-9-19-12-5-2-1-4-10(11)12/h1-2,4-5,11H,3,6-9,16H2. The van der Waals surface area contributed by atoms with Gasteiger partial charge in [-0.05, 0) is 31.7 Å². The van der Waals surface area contributed by atoms with Crippen molar-refractivity contribution in [3.63, 3.8) is 0 Å². The third-order valence-electron chi connectivity index (χ3n) is 4.39. The summed E-state index contributed by atoms with van der Waals surface area (Å²) in [6, 6.07) is 8.03. The predicted molar refractivity (Wildman–Crippen MR) is 72.4 cm³/mol. The zero-order valence-electron chi connectivity index (χ0n) is 11.2.